The highest BCUT2D eigenvalue weighted by atomic mass is 19.4. The molecular weight excluding hydrogens is 1460 g/mol. The third kappa shape index (κ3) is 12.9. The molecule has 0 amide bonds. The van der Waals surface area contributed by atoms with Crippen LogP contribution in [-0.4, -0.2) is 68.9 Å². The fourth-order valence-corrected chi connectivity index (χ4v) is 15.0. The quantitative estimate of drug-likeness (QED) is 0.0894. The van der Waals surface area contributed by atoms with Crippen molar-refractivity contribution in [3.05, 3.63) is 363 Å². The molecule has 0 aliphatic heterocycles. The van der Waals surface area contributed by atoms with Gasteiger partial charge < -0.3 is 9.13 Å². The Balaban J connectivity index is 0.920. The first-order valence-corrected chi connectivity index (χ1v) is 37.3. The van der Waals surface area contributed by atoms with Gasteiger partial charge in [0.1, 0.15) is 11.6 Å². The predicted octanol–water partition coefficient (Wildman–Crippen LogP) is 23.6. The van der Waals surface area contributed by atoms with Crippen molar-refractivity contribution >= 4 is 43.6 Å². The summed E-state index contributed by atoms with van der Waals surface area (Å²) < 4.78 is 91.9. The Morgan fingerprint density at radius 1 is 0.190 bits per heavy atom. The number of fused-ring (bicyclic) bond motifs is 6. The molecule has 0 N–H and O–H groups in total. The van der Waals surface area contributed by atoms with Gasteiger partial charge in [-0.25, -0.2) is 68.6 Å². The molecule has 6 aromatic heterocycles. The fourth-order valence-electron chi connectivity index (χ4n) is 15.0. The molecule has 550 valence electrons. The summed E-state index contributed by atoms with van der Waals surface area (Å²) in [6, 6.07) is 103. The van der Waals surface area contributed by atoms with Gasteiger partial charge in [0, 0.05) is 93.9 Å². The lowest BCUT2D eigenvalue weighted by Crippen LogP contribution is -2.12. The first kappa shape index (κ1) is 69.6. The van der Waals surface area contributed by atoms with Crippen molar-refractivity contribution in [2.45, 2.75) is 6.18 Å². The van der Waals surface area contributed by atoms with Gasteiger partial charge in [-0.1, -0.05) is 297 Å². The summed E-state index contributed by atoms with van der Waals surface area (Å²) in [5.74, 6) is 1.57. The summed E-state index contributed by atoms with van der Waals surface area (Å²) in [7, 11) is 0. The van der Waals surface area contributed by atoms with Gasteiger partial charge >= 0.3 is 6.18 Å². The van der Waals surface area contributed by atoms with Crippen LogP contribution in [0.4, 0.5) is 22.0 Å². The lowest BCUT2D eigenvalue weighted by Gasteiger charge is -2.23. The summed E-state index contributed by atoms with van der Waals surface area (Å²) in [5, 5.41) is 2.15. The Morgan fingerprint density at radius 3 is 0.569 bits per heavy atom. The van der Waals surface area contributed by atoms with Crippen LogP contribution in [-0.2, 0) is 6.18 Å². The Morgan fingerprint density at radius 2 is 0.379 bits per heavy atom. The molecule has 0 unspecified atom stereocenters. The molecular formula is C97H57F5N14. The topological polar surface area (TPSA) is 165 Å². The van der Waals surface area contributed by atoms with E-state index in [4.69, 9.17) is 59.8 Å². The zero-order chi connectivity index (χ0) is 78.0. The standard InChI is InChI=1S/C97H57F5N14/c98-75-42-25-43-76(99)83(75)84-81(115-77-52-66(93-107-85(58-26-9-1-10-27-58)103-86(108-93)59-28-11-2-12-29-59)44-48-71(77)72-49-45-67(53-78(72)115)94-109-87(60-30-13-3-14-31-60)104-88(110-94)61-32-15-4-16-33-61)56-70(97(100,101)102)57-82(84)116-79-54-68(95-111-89(62-34-17-5-18-35-62)105-90(112-95)63-36-19-6-20-37-63)46-50-73(79)74-51-47-69(55-80(74)116)96-113-91(64-38-21-7-22-39-64)106-92(114-96)65-40-23-8-24-41-65/h1-57H. The molecule has 0 saturated heterocycles. The third-order valence-corrected chi connectivity index (χ3v) is 20.5. The van der Waals surface area contributed by atoms with Crippen molar-refractivity contribution in [3.63, 3.8) is 0 Å². The number of hydrogen-bond donors (Lipinski definition) is 0. The van der Waals surface area contributed by atoms with Crippen molar-refractivity contribution in [2.24, 2.45) is 0 Å². The molecule has 19 heteroatoms. The Kier molecular flexibility index (Phi) is 17.3. The maximum Gasteiger partial charge on any atom is 0.416 e. The summed E-state index contributed by atoms with van der Waals surface area (Å²) in [6.07, 6.45) is -5.15. The number of rotatable bonds is 15. The van der Waals surface area contributed by atoms with E-state index in [1.807, 2.05) is 291 Å². The molecule has 116 heavy (non-hydrogen) atoms. The second-order valence-corrected chi connectivity index (χ2v) is 27.7. The lowest BCUT2D eigenvalue weighted by molar-refractivity contribution is -0.137. The van der Waals surface area contributed by atoms with Gasteiger partial charge in [0.25, 0.3) is 0 Å². The highest BCUT2D eigenvalue weighted by molar-refractivity contribution is 6.14. The number of aromatic nitrogens is 14. The van der Waals surface area contributed by atoms with Gasteiger partial charge in [-0.3, -0.25) is 0 Å². The maximum atomic E-state index is 18.4. The predicted molar refractivity (Wildman–Crippen MR) is 444 cm³/mol. The normalized spacial score (nSPS) is 11.7. The second kappa shape index (κ2) is 28.9. The molecule has 0 aliphatic carbocycles. The minimum Gasteiger partial charge on any atom is -0.308 e. The molecule has 6 heterocycles. The number of nitrogens with zero attached hydrogens (tertiary/aromatic N) is 14. The first-order chi connectivity index (χ1) is 56.9. The number of alkyl halides is 3. The van der Waals surface area contributed by atoms with Gasteiger partial charge in [-0.2, -0.15) is 13.2 Å². The fraction of sp³-hybridized carbons (Fsp3) is 0.0103. The Labute approximate surface area is 659 Å². The van der Waals surface area contributed by atoms with E-state index < -0.39 is 28.9 Å². The van der Waals surface area contributed by atoms with Crippen molar-refractivity contribution < 1.29 is 22.0 Å². The summed E-state index contributed by atoms with van der Waals surface area (Å²) in [5.41, 5.74) is 5.85. The summed E-state index contributed by atoms with van der Waals surface area (Å²) >= 11 is 0. The highest BCUT2D eigenvalue weighted by Gasteiger charge is 2.36. The lowest BCUT2D eigenvalue weighted by atomic mass is 9.96. The highest BCUT2D eigenvalue weighted by Crippen LogP contribution is 2.49. The monoisotopic (exact) mass is 1510 g/mol. The van der Waals surface area contributed by atoms with E-state index in [1.54, 1.807) is 33.4 Å². The molecule has 0 fully saturated rings. The van der Waals surface area contributed by atoms with Crippen LogP contribution in [0, 0.1) is 11.6 Å². The number of benzene rings is 14. The van der Waals surface area contributed by atoms with Crippen molar-refractivity contribution in [2.75, 3.05) is 0 Å². The van der Waals surface area contributed by atoms with E-state index >= 15 is 22.0 Å². The van der Waals surface area contributed by atoms with Crippen molar-refractivity contribution in [1.29, 1.82) is 0 Å². The van der Waals surface area contributed by atoms with Crippen LogP contribution < -0.4 is 0 Å². The van der Waals surface area contributed by atoms with E-state index in [1.165, 1.54) is 6.07 Å². The van der Waals surface area contributed by atoms with Crippen LogP contribution >= 0.6 is 0 Å². The molecule has 0 saturated carbocycles. The van der Waals surface area contributed by atoms with Gasteiger partial charge in [-0.15, -0.1) is 0 Å². The van der Waals surface area contributed by atoms with Crippen LogP contribution in [0.25, 0.3) is 203 Å². The molecule has 0 spiro atoms. The van der Waals surface area contributed by atoms with E-state index in [0.29, 0.717) is 157 Å². The molecule has 0 bridgehead atoms. The molecule has 14 aromatic carbocycles. The average Bonchev–Trinajstić information content (AvgIpc) is 1.53. The summed E-state index contributed by atoms with van der Waals surface area (Å²) in [6.45, 7) is 0. The van der Waals surface area contributed by atoms with Crippen LogP contribution in [0.5, 0.6) is 0 Å². The molecule has 0 aliphatic rings. The molecule has 0 atom stereocenters. The first-order valence-electron chi connectivity index (χ1n) is 37.3. The van der Waals surface area contributed by atoms with Crippen LogP contribution in [0.2, 0.25) is 0 Å². The Bertz CT molecular complexity index is 6170. The summed E-state index contributed by atoms with van der Waals surface area (Å²) in [4.78, 5) is 61.0. The minimum absolute atomic E-state index is 0.223. The van der Waals surface area contributed by atoms with Crippen molar-refractivity contribution in [3.8, 4) is 159 Å². The second-order valence-electron chi connectivity index (χ2n) is 27.7. The molecule has 14 nitrogen and oxygen atoms in total. The maximum absolute atomic E-state index is 18.4. The van der Waals surface area contributed by atoms with Crippen LogP contribution in [0.3, 0.4) is 0 Å². The van der Waals surface area contributed by atoms with Gasteiger partial charge in [0.2, 0.25) is 0 Å². The third-order valence-electron chi connectivity index (χ3n) is 20.5. The minimum atomic E-state index is -5.15. The zero-order valence-corrected chi connectivity index (χ0v) is 61.1. The van der Waals surface area contributed by atoms with E-state index in [0.717, 1.165) is 24.3 Å². The van der Waals surface area contributed by atoms with Crippen LogP contribution in [0.1, 0.15) is 5.56 Å². The van der Waals surface area contributed by atoms with E-state index in [-0.39, 0.29) is 40.2 Å². The largest absolute Gasteiger partial charge is 0.416 e. The van der Waals surface area contributed by atoms with E-state index in [9.17, 15) is 0 Å². The number of hydrogen-bond acceptors (Lipinski definition) is 12. The van der Waals surface area contributed by atoms with Gasteiger partial charge in [0.05, 0.1) is 44.6 Å². The average molecular weight is 1510 g/mol. The molecule has 0 radical (unpaired) electrons. The zero-order valence-electron chi connectivity index (χ0n) is 61.1. The van der Waals surface area contributed by atoms with Gasteiger partial charge in [0.15, 0.2) is 69.9 Å². The van der Waals surface area contributed by atoms with Crippen molar-refractivity contribution in [1.82, 2.24) is 68.9 Å². The molecule has 20 aromatic rings. The molecule has 20 rings (SSSR count). The van der Waals surface area contributed by atoms with Crippen LogP contribution in [0.15, 0.2) is 346 Å². The SMILES string of the molecule is Fc1cccc(F)c1-c1c(-n2c3cc(-c4nc(-c5ccccc5)nc(-c5ccccc5)n4)ccc3c3ccc(-c4nc(-c5ccccc5)nc(-c5ccccc5)n4)cc32)cc(C(F)(F)F)cc1-n1c2cc(-c3nc(-c4ccccc4)nc(-c4ccccc4)n3)ccc2c2ccc(-c3nc(-c4ccccc4)nc(-c4ccccc4)n3)cc21. The Hall–Kier alpha value is -15.6. The number of halogens is 5. The van der Waals surface area contributed by atoms with E-state index in [2.05, 4.69) is 0 Å². The smallest absolute Gasteiger partial charge is 0.308 e. The van der Waals surface area contributed by atoms with Gasteiger partial charge in [-0.05, 0) is 48.5 Å².